The van der Waals surface area contributed by atoms with Crippen LogP contribution in [0.25, 0.3) is 0 Å². The molecule has 0 spiro atoms. The van der Waals surface area contributed by atoms with E-state index in [1.54, 1.807) is 12.3 Å². The van der Waals surface area contributed by atoms with E-state index in [4.69, 9.17) is 15.7 Å². The van der Waals surface area contributed by atoms with Crippen LogP contribution < -0.4 is 11.1 Å². The van der Waals surface area contributed by atoms with Crippen molar-refractivity contribution >= 4 is 11.5 Å². The number of hydrogen-bond acceptors (Lipinski definition) is 5. The number of hydrogen-bond donors (Lipinski definition) is 2. The molecule has 3 N–H and O–H groups in total. The third-order valence-electron chi connectivity index (χ3n) is 3.07. The van der Waals surface area contributed by atoms with Gasteiger partial charge in [-0.2, -0.15) is 5.26 Å². The van der Waals surface area contributed by atoms with Crippen molar-refractivity contribution in [3.63, 3.8) is 0 Å². The van der Waals surface area contributed by atoms with Crippen LogP contribution in [0.1, 0.15) is 18.9 Å². The Kier molecular flexibility index (Phi) is 3.45. The summed E-state index contributed by atoms with van der Waals surface area (Å²) in [6.45, 7) is 3.67. The van der Waals surface area contributed by atoms with Crippen molar-refractivity contribution in [1.29, 1.82) is 5.26 Å². The van der Waals surface area contributed by atoms with Gasteiger partial charge in [0, 0.05) is 18.6 Å². The molecule has 2 unspecified atom stereocenters. The van der Waals surface area contributed by atoms with Gasteiger partial charge in [-0.1, -0.05) is 0 Å². The highest BCUT2D eigenvalue weighted by Gasteiger charge is 2.23. The van der Waals surface area contributed by atoms with Crippen LogP contribution in [0.15, 0.2) is 12.3 Å². The second-order valence-corrected chi connectivity index (χ2v) is 4.33. The van der Waals surface area contributed by atoms with Crippen LogP contribution in [0.3, 0.4) is 0 Å². The number of nitrogen functional groups attached to an aromatic ring is 1. The van der Waals surface area contributed by atoms with Gasteiger partial charge in [-0.3, -0.25) is 0 Å². The molecule has 1 aliphatic rings. The number of aromatic nitrogens is 1. The normalized spacial score (nSPS) is 20.8. The topological polar surface area (TPSA) is 84.0 Å². The molecule has 1 saturated heterocycles. The highest BCUT2D eigenvalue weighted by molar-refractivity contribution is 5.57. The predicted molar refractivity (Wildman–Crippen MR) is 65.4 cm³/mol. The van der Waals surface area contributed by atoms with Crippen molar-refractivity contribution in [2.45, 2.75) is 19.4 Å². The number of nitrogens with one attached hydrogen (secondary N) is 1. The fourth-order valence-electron chi connectivity index (χ4n) is 1.96. The first-order valence-electron chi connectivity index (χ1n) is 5.70. The fourth-order valence-corrected chi connectivity index (χ4v) is 1.96. The summed E-state index contributed by atoms with van der Waals surface area (Å²) in [6, 6.07) is 3.97. The van der Waals surface area contributed by atoms with Crippen LogP contribution in [0.5, 0.6) is 0 Å². The largest absolute Gasteiger partial charge is 0.397 e. The van der Waals surface area contributed by atoms with Crippen molar-refractivity contribution < 1.29 is 4.74 Å². The summed E-state index contributed by atoms with van der Waals surface area (Å²) in [6.07, 6.45) is 2.60. The van der Waals surface area contributed by atoms with Gasteiger partial charge in [-0.25, -0.2) is 4.98 Å². The van der Waals surface area contributed by atoms with Crippen molar-refractivity contribution in [3.05, 3.63) is 17.8 Å². The molecule has 0 bridgehead atoms. The molecule has 17 heavy (non-hydrogen) atoms. The number of ether oxygens (including phenoxy) is 1. The molecule has 90 valence electrons. The van der Waals surface area contributed by atoms with Gasteiger partial charge < -0.3 is 15.8 Å². The lowest BCUT2D eigenvalue weighted by Gasteiger charge is -2.20. The molecule has 1 fully saturated rings. The molecule has 5 heteroatoms. The molecular weight excluding hydrogens is 216 g/mol. The van der Waals surface area contributed by atoms with E-state index < -0.39 is 0 Å². The summed E-state index contributed by atoms with van der Waals surface area (Å²) in [7, 11) is 0. The highest BCUT2D eigenvalue weighted by Crippen LogP contribution is 2.21. The summed E-state index contributed by atoms with van der Waals surface area (Å²) in [4.78, 5) is 4.16. The van der Waals surface area contributed by atoms with Crippen molar-refractivity contribution in [3.8, 4) is 6.07 Å². The zero-order valence-electron chi connectivity index (χ0n) is 9.81. The van der Waals surface area contributed by atoms with Gasteiger partial charge >= 0.3 is 0 Å². The highest BCUT2D eigenvalue weighted by atomic mass is 16.5. The molecule has 1 aliphatic heterocycles. The monoisotopic (exact) mass is 232 g/mol. The number of rotatable bonds is 3. The minimum atomic E-state index is 0.237. The van der Waals surface area contributed by atoms with Gasteiger partial charge in [0.05, 0.1) is 24.1 Å². The quantitative estimate of drug-likeness (QED) is 0.822. The van der Waals surface area contributed by atoms with E-state index in [-0.39, 0.29) is 6.04 Å². The lowest BCUT2D eigenvalue weighted by atomic mass is 10.0. The summed E-state index contributed by atoms with van der Waals surface area (Å²) < 4.78 is 5.35. The standard InChI is InChI=1S/C12H16N4O/c1-8(9-2-3-17-7-9)16-12-10(5-13)4-11(14)6-15-12/h4,6,8-9H,2-3,7,14H2,1H3,(H,15,16). The zero-order valence-corrected chi connectivity index (χ0v) is 9.81. The maximum Gasteiger partial charge on any atom is 0.144 e. The molecule has 0 aliphatic carbocycles. The Morgan fingerprint density at radius 2 is 2.53 bits per heavy atom. The van der Waals surface area contributed by atoms with E-state index in [0.29, 0.717) is 23.0 Å². The minimum Gasteiger partial charge on any atom is -0.397 e. The Morgan fingerprint density at radius 1 is 1.71 bits per heavy atom. The number of nitriles is 1. The number of anilines is 2. The van der Waals surface area contributed by atoms with Crippen LogP contribution in [0, 0.1) is 17.2 Å². The van der Waals surface area contributed by atoms with Gasteiger partial charge in [0.2, 0.25) is 0 Å². The molecule has 5 nitrogen and oxygen atoms in total. The Labute approximate surface area is 101 Å². The van der Waals surface area contributed by atoms with Crippen LogP contribution in [-0.2, 0) is 4.74 Å². The first kappa shape index (κ1) is 11.7. The third-order valence-corrected chi connectivity index (χ3v) is 3.07. The Bertz CT molecular complexity index is 435. The van der Waals surface area contributed by atoms with Crippen molar-refractivity contribution in [2.24, 2.45) is 5.92 Å². The average Bonchev–Trinajstić information content (AvgIpc) is 2.85. The molecule has 1 aromatic rings. The Morgan fingerprint density at radius 3 is 3.18 bits per heavy atom. The molecular formula is C12H16N4O. The summed E-state index contributed by atoms with van der Waals surface area (Å²) in [5, 5.41) is 12.3. The maximum atomic E-state index is 9.01. The van der Waals surface area contributed by atoms with E-state index in [9.17, 15) is 0 Å². The van der Waals surface area contributed by atoms with E-state index >= 15 is 0 Å². The molecule has 2 rings (SSSR count). The first-order valence-corrected chi connectivity index (χ1v) is 5.70. The van der Waals surface area contributed by atoms with Crippen LogP contribution in [0.4, 0.5) is 11.5 Å². The van der Waals surface area contributed by atoms with Gasteiger partial charge in [-0.15, -0.1) is 0 Å². The fraction of sp³-hybridized carbons (Fsp3) is 0.500. The second kappa shape index (κ2) is 5.02. The van der Waals surface area contributed by atoms with Crippen molar-refractivity contribution in [2.75, 3.05) is 24.3 Å². The SMILES string of the molecule is CC(Nc1ncc(N)cc1C#N)C1CCOC1. The van der Waals surface area contributed by atoms with Crippen LogP contribution in [-0.4, -0.2) is 24.2 Å². The smallest absolute Gasteiger partial charge is 0.144 e. The number of nitrogens with two attached hydrogens (primary N) is 1. The van der Waals surface area contributed by atoms with E-state index in [1.807, 2.05) is 0 Å². The number of nitrogens with zero attached hydrogens (tertiary/aromatic N) is 2. The Balaban J connectivity index is 2.10. The molecule has 0 aromatic carbocycles. The minimum absolute atomic E-state index is 0.237. The molecule has 0 amide bonds. The number of pyridine rings is 1. The maximum absolute atomic E-state index is 9.01. The zero-order chi connectivity index (χ0) is 12.3. The van der Waals surface area contributed by atoms with Gasteiger partial charge in [-0.05, 0) is 19.4 Å². The van der Waals surface area contributed by atoms with E-state index in [2.05, 4.69) is 23.3 Å². The lowest BCUT2D eigenvalue weighted by Crippen LogP contribution is -2.27. The predicted octanol–water partition coefficient (Wildman–Crippen LogP) is 1.37. The summed E-state index contributed by atoms with van der Waals surface area (Å²) in [5.74, 6) is 1.07. The van der Waals surface area contributed by atoms with E-state index in [0.717, 1.165) is 19.6 Å². The van der Waals surface area contributed by atoms with Gasteiger partial charge in [0.1, 0.15) is 11.9 Å². The lowest BCUT2D eigenvalue weighted by molar-refractivity contribution is 0.183. The van der Waals surface area contributed by atoms with Crippen molar-refractivity contribution in [1.82, 2.24) is 4.98 Å². The van der Waals surface area contributed by atoms with E-state index in [1.165, 1.54) is 0 Å². The van der Waals surface area contributed by atoms with Crippen LogP contribution >= 0.6 is 0 Å². The second-order valence-electron chi connectivity index (χ2n) is 4.33. The third kappa shape index (κ3) is 2.66. The molecule has 2 atom stereocenters. The average molecular weight is 232 g/mol. The van der Waals surface area contributed by atoms with Gasteiger partial charge in [0.15, 0.2) is 0 Å². The molecule has 0 saturated carbocycles. The summed E-state index contributed by atoms with van der Waals surface area (Å²) >= 11 is 0. The van der Waals surface area contributed by atoms with Gasteiger partial charge in [0.25, 0.3) is 0 Å². The molecule has 0 radical (unpaired) electrons. The van der Waals surface area contributed by atoms with Crippen LogP contribution in [0.2, 0.25) is 0 Å². The first-order chi connectivity index (χ1) is 8.20. The summed E-state index contributed by atoms with van der Waals surface area (Å²) in [5.41, 5.74) is 6.58. The molecule has 1 aromatic heterocycles. The molecule has 2 heterocycles. The Hall–Kier alpha value is -1.80.